The van der Waals surface area contributed by atoms with Gasteiger partial charge in [0.25, 0.3) is 5.91 Å². The first-order chi connectivity index (χ1) is 12.6. The number of thiazole rings is 1. The van der Waals surface area contributed by atoms with Gasteiger partial charge in [-0.05, 0) is 36.8 Å². The van der Waals surface area contributed by atoms with E-state index in [0.29, 0.717) is 36.1 Å². The van der Waals surface area contributed by atoms with Crippen molar-refractivity contribution in [1.29, 1.82) is 0 Å². The second-order valence-electron chi connectivity index (χ2n) is 6.17. The molecule has 0 saturated carbocycles. The van der Waals surface area contributed by atoms with Crippen molar-refractivity contribution in [2.24, 2.45) is 0 Å². The van der Waals surface area contributed by atoms with E-state index in [0.717, 1.165) is 10.4 Å². The molecule has 1 N–H and O–H groups in total. The Morgan fingerprint density at radius 2 is 2.27 bits per heavy atom. The zero-order chi connectivity index (χ0) is 18.1. The van der Waals surface area contributed by atoms with E-state index in [2.05, 4.69) is 10.3 Å². The number of piperazine rings is 1. The number of benzene rings is 1. The number of nitrogens with zero attached hydrogens (tertiary/aromatic N) is 2. The molecule has 1 fully saturated rings. The van der Waals surface area contributed by atoms with E-state index in [1.54, 1.807) is 23.3 Å². The lowest BCUT2D eigenvalue weighted by Gasteiger charge is -2.36. The molecule has 1 aromatic carbocycles. The van der Waals surface area contributed by atoms with Crippen LogP contribution < -0.4 is 5.32 Å². The van der Waals surface area contributed by atoms with E-state index < -0.39 is 0 Å². The smallest absolute Gasteiger partial charge is 0.274 e. The quantitative estimate of drug-likeness (QED) is 0.764. The van der Waals surface area contributed by atoms with Gasteiger partial charge in [0.05, 0.1) is 12.3 Å². The molecule has 3 aromatic rings. The lowest BCUT2D eigenvalue weighted by atomic mass is 10.0. The molecule has 1 aliphatic rings. The summed E-state index contributed by atoms with van der Waals surface area (Å²) >= 11 is 1.44. The molecule has 1 saturated heterocycles. The van der Waals surface area contributed by atoms with E-state index in [1.807, 2.05) is 19.1 Å². The molecule has 0 spiro atoms. The van der Waals surface area contributed by atoms with Gasteiger partial charge in [0.15, 0.2) is 10.8 Å². The minimum absolute atomic E-state index is 0.132. The van der Waals surface area contributed by atoms with Gasteiger partial charge in [-0.1, -0.05) is 12.1 Å². The molecule has 1 aliphatic heterocycles. The Labute approximate surface area is 154 Å². The van der Waals surface area contributed by atoms with Gasteiger partial charge in [-0.2, -0.15) is 0 Å². The van der Waals surface area contributed by atoms with Gasteiger partial charge in [0.2, 0.25) is 0 Å². The van der Waals surface area contributed by atoms with Gasteiger partial charge in [0, 0.05) is 24.5 Å². The van der Waals surface area contributed by atoms with Crippen LogP contribution in [0.1, 0.15) is 27.0 Å². The molecule has 1 unspecified atom stereocenters. The first kappa shape index (κ1) is 16.9. The van der Waals surface area contributed by atoms with Crippen molar-refractivity contribution >= 4 is 17.2 Å². The molecule has 1 atom stereocenters. The molecule has 5 nitrogen and oxygen atoms in total. The minimum Gasteiger partial charge on any atom is -0.462 e. The number of rotatable bonds is 3. The third-order valence-electron chi connectivity index (χ3n) is 4.47. The molecule has 3 heterocycles. The zero-order valence-corrected chi connectivity index (χ0v) is 15.1. The van der Waals surface area contributed by atoms with Crippen LogP contribution >= 0.6 is 11.3 Å². The van der Waals surface area contributed by atoms with Crippen LogP contribution in [0.2, 0.25) is 0 Å². The molecule has 0 radical (unpaired) electrons. The van der Waals surface area contributed by atoms with E-state index in [-0.39, 0.29) is 17.8 Å². The molecule has 0 aliphatic carbocycles. The number of furan rings is 1. The molecule has 2 aromatic heterocycles. The van der Waals surface area contributed by atoms with E-state index in [4.69, 9.17) is 4.42 Å². The molecule has 26 heavy (non-hydrogen) atoms. The monoisotopic (exact) mass is 371 g/mol. The normalized spacial score (nSPS) is 17.5. The predicted molar refractivity (Wildman–Crippen MR) is 97.6 cm³/mol. The largest absolute Gasteiger partial charge is 0.462 e. The Kier molecular flexibility index (Phi) is 4.57. The number of carbonyl (C=O) groups excluding carboxylic acids is 1. The second kappa shape index (κ2) is 7.01. The van der Waals surface area contributed by atoms with Crippen LogP contribution in [0.4, 0.5) is 4.39 Å². The van der Waals surface area contributed by atoms with Crippen LogP contribution in [0.5, 0.6) is 0 Å². The summed E-state index contributed by atoms with van der Waals surface area (Å²) in [5.41, 5.74) is 1.22. The molecule has 4 rings (SSSR count). The summed E-state index contributed by atoms with van der Waals surface area (Å²) in [4.78, 5) is 20.3. The van der Waals surface area contributed by atoms with Crippen LogP contribution in [0, 0.1) is 12.7 Å². The topological polar surface area (TPSA) is 58.4 Å². The van der Waals surface area contributed by atoms with Crippen molar-refractivity contribution in [3.8, 4) is 10.8 Å². The number of amides is 1. The summed E-state index contributed by atoms with van der Waals surface area (Å²) < 4.78 is 19.0. The van der Waals surface area contributed by atoms with Crippen molar-refractivity contribution in [3.63, 3.8) is 0 Å². The Morgan fingerprint density at radius 1 is 1.38 bits per heavy atom. The van der Waals surface area contributed by atoms with Crippen LogP contribution in [0.15, 0.2) is 47.1 Å². The van der Waals surface area contributed by atoms with E-state index in [9.17, 15) is 9.18 Å². The van der Waals surface area contributed by atoms with Crippen LogP contribution in [0.25, 0.3) is 10.8 Å². The Bertz CT molecular complexity index is 923. The van der Waals surface area contributed by atoms with Crippen molar-refractivity contribution in [3.05, 3.63) is 64.6 Å². The highest BCUT2D eigenvalue weighted by Crippen LogP contribution is 2.31. The van der Waals surface area contributed by atoms with Crippen molar-refractivity contribution < 1.29 is 13.6 Å². The zero-order valence-electron chi connectivity index (χ0n) is 14.2. The Balaban J connectivity index is 1.66. The average Bonchev–Trinajstić information content (AvgIpc) is 3.31. The maximum atomic E-state index is 13.7. The average molecular weight is 371 g/mol. The minimum atomic E-state index is -0.301. The maximum Gasteiger partial charge on any atom is 0.274 e. The Morgan fingerprint density at radius 3 is 3.04 bits per heavy atom. The lowest BCUT2D eigenvalue weighted by molar-refractivity contribution is 0.0628. The fraction of sp³-hybridized carbons (Fsp3) is 0.263. The summed E-state index contributed by atoms with van der Waals surface area (Å²) in [6.07, 6.45) is 1.59. The standard InChI is InChI=1S/C19H18FN3O2S/c1-12-17(22-18(26-12)16-6-3-9-25-16)19(24)23-8-7-21-11-15(23)13-4-2-5-14(20)10-13/h2-6,9-10,15,21H,7-8,11H2,1H3. The van der Waals surface area contributed by atoms with Crippen LogP contribution in [0.3, 0.4) is 0 Å². The third kappa shape index (κ3) is 3.15. The molecule has 134 valence electrons. The summed E-state index contributed by atoms with van der Waals surface area (Å²) in [7, 11) is 0. The summed E-state index contributed by atoms with van der Waals surface area (Å²) in [6, 6.07) is 9.82. The van der Waals surface area contributed by atoms with Crippen LogP contribution in [-0.4, -0.2) is 35.4 Å². The lowest BCUT2D eigenvalue weighted by Crippen LogP contribution is -2.49. The maximum absolute atomic E-state index is 13.7. The highest BCUT2D eigenvalue weighted by atomic mass is 32.1. The molecule has 0 bridgehead atoms. The summed E-state index contributed by atoms with van der Waals surface area (Å²) in [5, 5.41) is 3.97. The number of aryl methyl sites for hydroxylation is 1. The van der Waals surface area contributed by atoms with Gasteiger partial charge in [-0.3, -0.25) is 4.79 Å². The fourth-order valence-electron chi connectivity index (χ4n) is 3.20. The third-order valence-corrected chi connectivity index (χ3v) is 5.45. The van der Waals surface area contributed by atoms with E-state index in [1.165, 1.54) is 23.5 Å². The number of hydrogen-bond donors (Lipinski definition) is 1. The molecular weight excluding hydrogens is 353 g/mol. The number of hydrogen-bond acceptors (Lipinski definition) is 5. The van der Waals surface area contributed by atoms with Gasteiger partial charge in [0.1, 0.15) is 11.5 Å². The number of nitrogens with one attached hydrogen (secondary N) is 1. The highest BCUT2D eigenvalue weighted by Gasteiger charge is 2.31. The first-order valence-corrected chi connectivity index (χ1v) is 9.23. The fourth-order valence-corrected chi connectivity index (χ4v) is 4.07. The first-order valence-electron chi connectivity index (χ1n) is 8.42. The number of aromatic nitrogens is 1. The van der Waals surface area contributed by atoms with Crippen molar-refractivity contribution in [1.82, 2.24) is 15.2 Å². The predicted octanol–water partition coefficient (Wildman–Crippen LogP) is 3.64. The van der Waals surface area contributed by atoms with Crippen LogP contribution in [-0.2, 0) is 0 Å². The number of halogens is 1. The van der Waals surface area contributed by atoms with Gasteiger partial charge in [-0.15, -0.1) is 11.3 Å². The molecule has 1 amide bonds. The van der Waals surface area contributed by atoms with E-state index >= 15 is 0 Å². The van der Waals surface area contributed by atoms with Gasteiger partial charge in [-0.25, -0.2) is 9.37 Å². The van der Waals surface area contributed by atoms with Gasteiger partial charge < -0.3 is 14.6 Å². The second-order valence-corrected chi connectivity index (χ2v) is 7.38. The summed E-state index contributed by atoms with van der Waals surface area (Å²) in [5.74, 6) is 0.219. The van der Waals surface area contributed by atoms with Crippen molar-refractivity contribution in [2.45, 2.75) is 13.0 Å². The number of carbonyl (C=O) groups is 1. The SMILES string of the molecule is Cc1sc(-c2ccco2)nc1C(=O)N1CCNCC1c1cccc(F)c1. The highest BCUT2D eigenvalue weighted by molar-refractivity contribution is 7.15. The van der Waals surface area contributed by atoms with Gasteiger partial charge >= 0.3 is 0 Å². The summed E-state index contributed by atoms with van der Waals surface area (Å²) in [6.45, 7) is 3.72. The molecular formula is C19H18FN3O2S. The molecule has 7 heteroatoms. The Hall–Kier alpha value is -2.51. The van der Waals surface area contributed by atoms with Crippen molar-refractivity contribution in [2.75, 3.05) is 19.6 Å².